The first-order chi connectivity index (χ1) is 8.49. The predicted molar refractivity (Wildman–Crippen MR) is 70.0 cm³/mol. The number of aryl methyl sites for hydroxylation is 1. The highest BCUT2D eigenvalue weighted by atomic mass is 19.1. The van der Waals surface area contributed by atoms with Crippen molar-refractivity contribution in [2.45, 2.75) is 25.8 Å². The standard InChI is InChI=1S/C14H20F2N2/c1-10-8-12(15)14(13(16)9-10)18(3)11-4-6-17(2)7-5-11/h8-9,11H,4-7H2,1-3H3. The summed E-state index contributed by atoms with van der Waals surface area (Å²) in [5, 5.41) is 0. The van der Waals surface area contributed by atoms with Crippen LogP contribution in [0.25, 0.3) is 0 Å². The second kappa shape index (κ2) is 5.22. The van der Waals surface area contributed by atoms with Gasteiger partial charge >= 0.3 is 0 Å². The van der Waals surface area contributed by atoms with Gasteiger partial charge in [-0.15, -0.1) is 0 Å². The Balaban J connectivity index is 2.21. The molecule has 0 spiro atoms. The zero-order valence-corrected chi connectivity index (χ0v) is 11.2. The number of rotatable bonds is 2. The number of hydrogen-bond acceptors (Lipinski definition) is 2. The summed E-state index contributed by atoms with van der Waals surface area (Å²) in [5.74, 6) is -0.928. The molecule has 1 aliphatic rings. The molecule has 100 valence electrons. The lowest BCUT2D eigenvalue weighted by molar-refractivity contribution is 0.252. The molecular weight excluding hydrogens is 234 g/mol. The molecule has 0 radical (unpaired) electrons. The molecule has 0 bridgehead atoms. The van der Waals surface area contributed by atoms with Gasteiger partial charge in [0, 0.05) is 13.1 Å². The van der Waals surface area contributed by atoms with Crippen LogP contribution in [0, 0.1) is 18.6 Å². The Bertz CT molecular complexity index is 403. The van der Waals surface area contributed by atoms with E-state index in [0.29, 0.717) is 5.56 Å². The van der Waals surface area contributed by atoms with E-state index in [1.807, 2.05) is 0 Å². The minimum Gasteiger partial charge on any atom is -0.367 e. The summed E-state index contributed by atoms with van der Waals surface area (Å²) in [4.78, 5) is 4.00. The smallest absolute Gasteiger partial charge is 0.149 e. The van der Waals surface area contributed by atoms with E-state index in [0.717, 1.165) is 25.9 Å². The van der Waals surface area contributed by atoms with Crippen molar-refractivity contribution in [2.24, 2.45) is 0 Å². The van der Waals surface area contributed by atoms with E-state index in [1.54, 1.807) is 18.9 Å². The van der Waals surface area contributed by atoms with Gasteiger partial charge in [0.25, 0.3) is 0 Å². The van der Waals surface area contributed by atoms with E-state index in [2.05, 4.69) is 11.9 Å². The first-order valence-corrected chi connectivity index (χ1v) is 6.36. The van der Waals surface area contributed by atoms with E-state index >= 15 is 0 Å². The largest absolute Gasteiger partial charge is 0.367 e. The Kier molecular flexibility index (Phi) is 3.85. The van der Waals surface area contributed by atoms with Crippen molar-refractivity contribution in [1.82, 2.24) is 4.90 Å². The van der Waals surface area contributed by atoms with Gasteiger partial charge in [-0.1, -0.05) is 0 Å². The van der Waals surface area contributed by atoms with Crippen LogP contribution in [0.5, 0.6) is 0 Å². The average molecular weight is 254 g/mol. The van der Waals surface area contributed by atoms with Crippen molar-refractivity contribution in [2.75, 3.05) is 32.1 Å². The van der Waals surface area contributed by atoms with E-state index in [1.165, 1.54) is 12.1 Å². The molecule has 2 nitrogen and oxygen atoms in total. The fraction of sp³-hybridized carbons (Fsp3) is 0.571. The monoisotopic (exact) mass is 254 g/mol. The van der Waals surface area contributed by atoms with Crippen LogP contribution in [0.2, 0.25) is 0 Å². The molecule has 18 heavy (non-hydrogen) atoms. The number of anilines is 1. The van der Waals surface area contributed by atoms with Gasteiger partial charge < -0.3 is 9.80 Å². The molecule has 0 unspecified atom stereocenters. The SMILES string of the molecule is Cc1cc(F)c(N(C)C2CCN(C)CC2)c(F)c1. The van der Waals surface area contributed by atoms with Gasteiger partial charge in [0.15, 0.2) is 0 Å². The molecule has 0 atom stereocenters. The van der Waals surface area contributed by atoms with Crippen LogP contribution in [0.4, 0.5) is 14.5 Å². The summed E-state index contributed by atoms with van der Waals surface area (Å²) < 4.78 is 27.8. The Hall–Kier alpha value is -1.16. The van der Waals surface area contributed by atoms with Crippen molar-refractivity contribution >= 4 is 5.69 Å². The molecule has 1 fully saturated rings. The average Bonchev–Trinajstić information content (AvgIpc) is 2.28. The normalized spacial score (nSPS) is 18.1. The molecule has 0 amide bonds. The van der Waals surface area contributed by atoms with E-state index < -0.39 is 11.6 Å². The van der Waals surface area contributed by atoms with Crippen LogP contribution in [0.15, 0.2) is 12.1 Å². The highest BCUT2D eigenvalue weighted by Gasteiger charge is 2.24. The van der Waals surface area contributed by atoms with Crippen LogP contribution < -0.4 is 4.90 Å². The van der Waals surface area contributed by atoms with Crippen molar-refractivity contribution in [3.8, 4) is 0 Å². The molecule has 1 aromatic rings. The highest BCUT2D eigenvalue weighted by Crippen LogP contribution is 2.28. The maximum Gasteiger partial charge on any atom is 0.149 e. The predicted octanol–water partition coefficient (Wildman–Crippen LogP) is 2.80. The number of piperidine rings is 1. The maximum atomic E-state index is 13.9. The first-order valence-electron chi connectivity index (χ1n) is 6.36. The molecule has 2 rings (SSSR count). The van der Waals surface area contributed by atoms with Crippen LogP contribution in [-0.4, -0.2) is 38.1 Å². The Morgan fingerprint density at radius 2 is 1.67 bits per heavy atom. The molecule has 1 heterocycles. The third kappa shape index (κ3) is 2.64. The summed E-state index contributed by atoms with van der Waals surface area (Å²) in [6.45, 7) is 3.65. The molecule has 1 saturated heterocycles. The third-order valence-electron chi connectivity index (χ3n) is 3.75. The van der Waals surface area contributed by atoms with Crippen molar-refractivity contribution in [3.63, 3.8) is 0 Å². The molecule has 0 aromatic heterocycles. The lowest BCUT2D eigenvalue weighted by atomic mass is 10.0. The van der Waals surface area contributed by atoms with Gasteiger partial charge in [-0.3, -0.25) is 0 Å². The quantitative estimate of drug-likeness (QED) is 0.800. The molecule has 1 aliphatic heterocycles. The summed E-state index contributed by atoms with van der Waals surface area (Å²) >= 11 is 0. The number of halogens is 2. The zero-order valence-electron chi connectivity index (χ0n) is 11.2. The van der Waals surface area contributed by atoms with E-state index in [4.69, 9.17) is 0 Å². The van der Waals surface area contributed by atoms with Gasteiger partial charge in [-0.25, -0.2) is 8.78 Å². The second-order valence-electron chi connectivity index (χ2n) is 5.22. The van der Waals surface area contributed by atoms with E-state index in [9.17, 15) is 8.78 Å². The second-order valence-corrected chi connectivity index (χ2v) is 5.22. The van der Waals surface area contributed by atoms with Gasteiger partial charge in [-0.05, 0) is 57.6 Å². The summed E-state index contributed by atoms with van der Waals surface area (Å²) in [6, 6.07) is 3.00. The molecular formula is C14H20F2N2. The van der Waals surface area contributed by atoms with Gasteiger partial charge in [-0.2, -0.15) is 0 Å². The summed E-state index contributed by atoms with van der Waals surface area (Å²) in [5.41, 5.74) is 0.723. The number of benzene rings is 1. The molecule has 0 N–H and O–H groups in total. The molecule has 0 saturated carbocycles. The molecule has 4 heteroatoms. The Morgan fingerprint density at radius 1 is 1.17 bits per heavy atom. The maximum absolute atomic E-state index is 13.9. The van der Waals surface area contributed by atoms with E-state index in [-0.39, 0.29) is 11.7 Å². The van der Waals surface area contributed by atoms with Crippen molar-refractivity contribution in [1.29, 1.82) is 0 Å². The summed E-state index contributed by atoms with van der Waals surface area (Å²) in [7, 11) is 3.86. The zero-order chi connectivity index (χ0) is 13.3. The van der Waals surface area contributed by atoms with Crippen LogP contribution >= 0.6 is 0 Å². The van der Waals surface area contributed by atoms with Crippen molar-refractivity contribution < 1.29 is 8.78 Å². The minimum atomic E-state index is -0.464. The van der Waals surface area contributed by atoms with Crippen LogP contribution in [-0.2, 0) is 0 Å². The number of hydrogen-bond donors (Lipinski definition) is 0. The fourth-order valence-corrected chi connectivity index (χ4v) is 2.59. The Morgan fingerprint density at radius 3 is 2.17 bits per heavy atom. The fourth-order valence-electron chi connectivity index (χ4n) is 2.59. The highest BCUT2D eigenvalue weighted by molar-refractivity contribution is 5.50. The van der Waals surface area contributed by atoms with Gasteiger partial charge in [0.05, 0.1) is 0 Å². The lowest BCUT2D eigenvalue weighted by Gasteiger charge is -2.36. The molecule has 1 aromatic carbocycles. The minimum absolute atomic E-state index is 0.107. The first kappa shape index (κ1) is 13.3. The van der Waals surface area contributed by atoms with Crippen LogP contribution in [0.1, 0.15) is 18.4 Å². The number of nitrogens with zero attached hydrogens (tertiary/aromatic N) is 2. The Labute approximate surface area is 107 Å². The van der Waals surface area contributed by atoms with Crippen molar-refractivity contribution in [3.05, 3.63) is 29.3 Å². The number of likely N-dealkylation sites (tertiary alicyclic amines) is 1. The molecule has 0 aliphatic carbocycles. The van der Waals surface area contributed by atoms with Gasteiger partial charge in [0.1, 0.15) is 17.3 Å². The lowest BCUT2D eigenvalue weighted by Crippen LogP contribution is -2.42. The topological polar surface area (TPSA) is 6.48 Å². The summed E-state index contributed by atoms with van der Waals surface area (Å²) in [6.07, 6.45) is 1.89. The van der Waals surface area contributed by atoms with Crippen LogP contribution in [0.3, 0.4) is 0 Å². The third-order valence-corrected chi connectivity index (χ3v) is 3.75. The van der Waals surface area contributed by atoms with Gasteiger partial charge in [0.2, 0.25) is 0 Å².